The van der Waals surface area contributed by atoms with Gasteiger partial charge in [0.15, 0.2) is 11.4 Å². The smallest absolute Gasteiger partial charge is 0.276 e. The summed E-state index contributed by atoms with van der Waals surface area (Å²) in [5.74, 6) is -1.59. The van der Waals surface area contributed by atoms with Gasteiger partial charge in [-0.05, 0) is 62.4 Å². The van der Waals surface area contributed by atoms with Gasteiger partial charge in [-0.3, -0.25) is 9.59 Å². The predicted octanol–water partition coefficient (Wildman–Crippen LogP) is 5.47. The topological polar surface area (TPSA) is 84.0 Å². The summed E-state index contributed by atoms with van der Waals surface area (Å²) in [5, 5.41) is 5.47. The lowest BCUT2D eigenvalue weighted by atomic mass is 10.1. The van der Waals surface area contributed by atoms with Crippen molar-refractivity contribution in [3.63, 3.8) is 0 Å². The Morgan fingerprint density at radius 1 is 0.844 bits per heavy atom. The van der Waals surface area contributed by atoms with Gasteiger partial charge in [0.05, 0.1) is 0 Å². The fourth-order valence-corrected chi connectivity index (χ4v) is 4.02. The van der Waals surface area contributed by atoms with Crippen molar-refractivity contribution in [2.75, 3.05) is 10.6 Å². The average Bonchev–Trinajstić information content (AvgIpc) is 3.22. The molecule has 0 saturated heterocycles. The van der Waals surface area contributed by atoms with Crippen LogP contribution in [0.2, 0.25) is 0 Å². The Balaban J connectivity index is 1.61. The van der Waals surface area contributed by atoms with Crippen LogP contribution in [0.5, 0.6) is 0 Å². The molecule has 4 aromatic rings. The first-order valence-corrected chi connectivity index (χ1v) is 10.6. The van der Waals surface area contributed by atoms with E-state index in [9.17, 15) is 14.0 Å². The minimum Gasteiger partial charge on any atom is -0.321 e. The molecule has 0 aliphatic heterocycles. The summed E-state index contributed by atoms with van der Waals surface area (Å²) in [5.41, 5.74) is 2.69. The Morgan fingerprint density at radius 3 is 2.12 bits per heavy atom. The lowest BCUT2D eigenvalue weighted by molar-refractivity contribution is 0.0983. The van der Waals surface area contributed by atoms with Crippen LogP contribution in [-0.4, -0.2) is 21.8 Å². The van der Waals surface area contributed by atoms with Crippen molar-refractivity contribution in [3.8, 4) is 10.4 Å². The third-order valence-corrected chi connectivity index (χ3v) is 5.69. The summed E-state index contributed by atoms with van der Waals surface area (Å²) < 4.78 is 13.1. The molecule has 0 unspecified atom stereocenters. The summed E-state index contributed by atoms with van der Waals surface area (Å²) in [6.07, 6.45) is 2.68. The third-order valence-electron chi connectivity index (χ3n) is 4.66. The number of rotatable bonds is 5. The summed E-state index contributed by atoms with van der Waals surface area (Å²) >= 11 is 1.63. The highest BCUT2D eigenvalue weighted by atomic mass is 32.1. The lowest BCUT2D eigenvalue weighted by Crippen LogP contribution is -2.23. The van der Waals surface area contributed by atoms with Crippen molar-refractivity contribution in [2.24, 2.45) is 0 Å². The Labute approximate surface area is 188 Å². The van der Waals surface area contributed by atoms with E-state index in [0.29, 0.717) is 11.4 Å². The monoisotopic (exact) mass is 446 g/mol. The van der Waals surface area contributed by atoms with Crippen molar-refractivity contribution < 1.29 is 14.0 Å². The van der Waals surface area contributed by atoms with E-state index in [1.165, 1.54) is 36.7 Å². The molecule has 0 spiro atoms. The molecule has 0 atom stereocenters. The Morgan fingerprint density at radius 2 is 1.50 bits per heavy atom. The first-order valence-electron chi connectivity index (χ1n) is 9.77. The molecule has 0 bridgehead atoms. The molecule has 2 aromatic carbocycles. The normalized spacial score (nSPS) is 10.6. The third kappa shape index (κ3) is 4.70. The highest BCUT2D eigenvalue weighted by Gasteiger charge is 2.21. The van der Waals surface area contributed by atoms with Crippen molar-refractivity contribution >= 4 is 34.5 Å². The Kier molecular flexibility index (Phi) is 6.04. The van der Waals surface area contributed by atoms with E-state index >= 15 is 0 Å². The minimum absolute atomic E-state index is 0.110. The number of hydrogen-bond acceptors (Lipinski definition) is 5. The number of nitrogens with zero attached hydrogens (tertiary/aromatic N) is 2. The van der Waals surface area contributed by atoms with Gasteiger partial charge in [-0.25, -0.2) is 14.4 Å². The van der Waals surface area contributed by atoms with E-state index in [0.717, 1.165) is 20.9 Å². The minimum atomic E-state index is -0.618. The number of carbonyl (C=O) groups excluding carboxylic acids is 2. The molecule has 0 fully saturated rings. The SMILES string of the molecule is Cc1ccc(NC(=O)c2nccnc2C(=O)Nc2ccc(F)cc2)c(-c2ccc(C)s2)c1. The van der Waals surface area contributed by atoms with Gasteiger partial charge < -0.3 is 10.6 Å². The van der Waals surface area contributed by atoms with Gasteiger partial charge in [-0.2, -0.15) is 0 Å². The number of aromatic nitrogens is 2. The van der Waals surface area contributed by atoms with Crippen molar-refractivity contribution in [1.29, 1.82) is 0 Å². The number of carbonyl (C=O) groups is 2. The predicted molar refractivity (Wildman–Crippen MR) is 124 cm³/mol. The van der Waals surface area contributed by atoms with Gasteiger partial charge in [0.2, 0.25) is 0 Å². The van der Waals surface area contributed by atoms with Crippen LogP contribution >= 0.6 is 11.3 Å². The molecule has 0 aliphatic carbocycles. The average molecular weight is 447 g/mol. The van der Waals surface area contributed by atoms with E-state index in [4.69, 9.17) is 0 Å². The molecule has 32 heavy (non-hydrogen) atoms. The number of thiophene rings is 1. The number of nitrogens with one attached hydrogen (secondary N) is 2. The number of benzene rings is 2. The molecule has 160 valence electrons. The molecule has 4 rings (SSSR count). The second-order valence-corrected chi connectivity index (χ2v) is 8.42. The van der Waals surface area contributed by atoms with Crippen LogP contribution in [-0.2, 0) is 0 Å². The lowest BCUT2D eigenvalue weighted by Gasteiger charge is -2.12. The maximum absolute atomic E-state index is 13.1. The molecule has 2 N–H and O–H groups in total. The maximum Gasteiger partial charge on any atom is 0.276 e. The first-order chi connectivity index (χ1) is 15.4. The van der Waals surface area contributed by atoms with Crippen molar-refractivity contribution in [2.45, 2.75) is 13.8 Å². The summed E-state index contributed by atoms with van der Waals surface area (Å²) in [7, 11) is 0. The van der Waals surface area contributed by atoms with Crippen LogP contribution in [0.4, 0.5) is 15.8 Å². The quantitative estimate of drug-likeness (QED) is 0.426. The van der Waals surface area contributed by atoms with Gasteiger partial charge in [0, 0.05) is 39.1 Å². The largest absolute Gasteiger partial charge is 0.321 e. The van der Waals surface area contributed by atoms with Gasteiger partial charge in [-0.1, -0.05) is 11.6 Å². The number of anilines is 2. The van der Waals surface area contributed by atoms with E-state index in [1.54, 1.807) is 11.3 Å². The van der Waals surface area contributed by atoms with Gasteiger partial charge >= 0.3 is 0 Å². The van der Waals surface area contributed by atoms with Crippen LogP contribution in [0.25, 0.3) is 10.4 Å². The van der Waals surface area contributed by atoms with Crippen LogP contribution in [0.15, 0.2) is 67.0 Å². The Bertz CT molecular complexity index is 1300. The second kappa shape index (κ2) is 9.07. The summed E-state index contributed by atoms with van der Waals surface area (Å²) in [6, 6.07) is 15.1. The van der Waals surface area contributed by atoms with Crippen LogP contribution in [0, 0.1) is 19.7 Å². The fourth-order valence-electron chi connectivity index (χ4n) is 3.13. The molecule has 0 radical (unpaired) electrons. The zero-order valence-corrected chi connectivity index (χ0v) is 18.2. The van der Waals surface area contributed by atoms with Crippen LogP contribution in [0.1, 0.15) is 31.4 Å². The molecular formula is C24H19FN4O2S. The van der Waals surface area contributed by atoms with Crippen molar-refractivity contribution in [3.05, 3.63) is 94.6 Å². The number of hydrogen-bond donors (Lipinski definition) is 2. The van der Waals surface area contributed by atoms with E-state index in [-0.39, 0.29) is 11.4 Å². The molecule has 2 aromatic heterocycles. The Hall–Kier alpha value is -3.91. The number of amides is 2. The zero-order chi connectivity index (χ0) is 22.7. The zero-order valence-electron chi connectivity index (χ0n) is 17.3. The highest BCUT2D eigenvalue weighted by molar-refractivity contribution is 7.15. The second-order valence-electron chi connectivity index (χ2n) is 7.13. The number of aryl methyl sites for hydroxylation is 2. The standard InChI is InChI=1S/C24H19FN4O2S/c1-14-3-9-19(18(13-14)20-10-4-15(2)32-20)29-24(31)22-21(26-11-12-27-22)23(30)28-17-7-5-16(25)6-8-17/h3-13H,1-2H3,(H,28,30)(H,29,31). The molecule has 0 aliphatic rings. The first kappa shape index (κ1) is 21.3. The molecule has 8 heteroatoms. The van der Waals surface area contributed by atoms with Gasteiger partial charge in [0.1, 0.15) is 5.82 Å². The van der Waals surface area contributed by atoms with E-state index in [2.05, 4.69) is 20.6 Å². The molecular weight excluding hydrogens is 427 g/mol. The van der Waals surface area contributed by atoms with Crippen LogP contribution < -0.4 is 10.6 Å². The van der Waals surface area contributed by atoms with Gasteiger partial charge in [-0.15, -0.1) is 11.3 Å². The van der Waals surface area contributed by atoms with Crippen LogP contribution in [0.3, 0.4) is 0 Å². The molecule has 0 saturated carbocycles. The van der Waals surface area contributed by atoms with E-state index < -0.39 is 17.6 Å². The van der Waals surface area contributed by atoms with Gasteiger partial charge in [0.25, 0.3) is 11.8 Å². The highest BCUT2D eigenvalue weighted by Crippen LogP contribution is 2.34. The number of halogens is 1. The molecule has 2 amide bonds. The van der Waals surface area contributed by atoms with E-state index in [1.807, 2.05) is 44.2 Å². The van der Waals surface area contributed by atoms with Crippen molar-refractivity contribution in [1.82, 2.24) is 9.97 Å². The molecule has 6 nitrogen and oxygen atoms in total. The summed E-state index contributed by atoms with van der Waals surface area (Å²) in [4.78, 5) is 36.1. The molecule has 2 heterocycles. The summed E-state index contributed by atoms with van der Waals surface area (Å²) in [6.45, 7) is 4.00. The maximum atomic E-state index is 13.1. The fraction of sp³-hybridized carbons (Fsp3) is 0.0833.